The van der Waals surface area contributed by atoms with Crippen molar-refractivity contribution in [3.8, 4) is 11.1 Å². The van der Waals surface area contributed by atoms with Crippen molar-refractivity contribution in [1.82, 2.24) is 0 Å². The van der Waals surface area contributed by atoms with Gasteiger partial charge in [-0.1, -0.05) is 117 Å². The molecule has 0 aliphatic carbocycles. The van der Waals surface area contributed by atoms with Crippen LogP contribution in [0.3, 0.4) is 0 Å². The van der Waals surface area contributed by atoms with Gasteiger partial charge in [0.15, 0.2) is 0 Å². The predicted octanol–water partition coefficient (Wildman–Crippen LogP) is 13.9. The van der Waals surface area contributed by atoms with Gasteiger partial charge in [-0.05, 0) is 135 Å². The zero-order chi connectivity index (χ0) is 41.3. The highest BCUT2D eigenvalue weighted by Crippen LogP contribution is 2.50. The quantitative estimate of drug-likeness (QED) is 0.166. The van der Waals surface area contributed by atoms with Crippen molar-refractivity contribution in [3.05, 3.63) is 149 Å². The highest BCUT2D eigenvalue weighted by molar-refractivity contribution is 7.33. The molecule has 59 heavy (non-hydrogen) atoms. The maximum absolute atomic E-state index is 6.06. The average molecular weight is 789 g/mol. The van der Waals surface area contributed by atoms with Crippen molar-refractivity contribution < 1.29 is 4.42 Å². The van der Waals surface area contributed by atoms with E-state index in [4.69, 9.17) is 4.42 Å². The maximum Gasteiger partial charge on any atom is 0.264 e. The highest BCUT2D eigenvalue weighted by Gasteiger charge is 2.46. The van der Waals surface area contributed by atoms with Crippen LogP contribution in [0.5, 0.6) is 0 Å². The number of rotatable bonds is 3. The number of benzene rings is 6. The molecule has 3 nitrogen and oxygen atoms in total. The third-order valence-electron chi connectivity index (χ3n) is 12.8. The van der Waals surface area contributed by atoms with E-state index in [-0.39, 0.29) is 23.0 Å². The molecule has 8 aromatic rings. The largest absolute Gasteiger partial charge is 0.464 e. The van der Waals surface area contributed by atoms with E-state index in [1.165, 1.54) is 93.3 Å². The Kier molecular flexibility index (Phi) is 8.31. The Hall–Kier alpha value is -5.52. The van der Waals surface area contributed by atoms with Crippen LogP contribution in [-0.2, 0) is 16.2 Å². The van der Waals surface area contributed by atoms with Crippen molar-refractivity contribution in [3.63, 3.8) is 0 Å². The lowest BCUT2D eigenvalue weighted by atomic mass is 9.36. The van der Waals surface area contributed by atoms with Crippen LogP contribution in [-0.4, -0.2) is 6.71 Å². The van der Waals surface area contributed by atoms with Crippen molar-refractivity contribution >= 4 is 88.9 Å². The summed E-state index contributed by atoms with van der Waals surface area (Å²) >= 11 is 1.98. The molecule has 0 saturated heterocycles. The number of hydrogen-bond donors (Lipinski definition) is 0. The van der Waals surface area contributed by atoms with E-state index in [0.717, 1.165) is 16.5 Å². The number of nitrogens with zero attached hydrogens (tertiary/aromatic N) is 2. The zero-order valence-corrected chi connectivity index (χ0v) is 37.2. The van der Waals surface area contributed by atoms with E-state index in [9.17, 15) is 0 Å². The van der Waals surface area contributed by atoms with Gasteiger partial charge in [-0.15, -0.1) is 11.3 Å². The van der Waals surface area contributed by atoms with E-state index in [2.05, 4.69) is 195 Å². The zero-order valence-electron chi connectivity index (χ0n) is 36.3. The van der Waals surface area contributed by atoms with Crippen molar-refractivity contribution in [2.24, 2.45) is 0 Å². The second-order valence-electron chi connectivity index (χ2n) is 20.0. The molecule has 0 saturated carbocycles. The highest BCUT2D eigenvalue weighted by atomic mass is 32.1. The number of aryl methyl sites for hydroxylation is 2. The van der Waals surface area contributed by atoms with Crippen LogP contribution in [0.1, 0.15) is 90.1 Å². The summed E-state index contributed by atoms with van der Waals surface area (Å²) in [7, 11) is 0. The molecule has 0 spiro atoms. The van der Waals surface area contributed by atoms with E-state index < -0.39 is 0 Å². The number of thiophene rings is 1. The van der Waals surface area contributed by atoms with Crippen LogP contribution in [0.15, 0.2) is 126 Å². The van der Waals surface area contributed by atoms with Crippen LogP contribution in [0, 0.1) is 13.8 Å². The fourth-order valence-corrected chi connectivity index (χ4v) is 10.9. The second kappa shape index (κ2) is 13.0. The monoisotopic (exact) mass is 788 g/mol. The maximum atomic E-state index is 6.06. The Morgan fingerprint density at radius 2 is 1.15 bits per heavy atom. The molecule has 0 atom stereocenters. The Labute approximate surface area is 354 Å². The second-order valence-corrected chi connectivity index (χ2v) is 21.1. The van der Waals surface area contributed by atoms with Gasteiger partial charge in [0.25, 0.3) is 6.71 Å². The fourth-order valence-electron chi connectivity index (χ4n) is 9.64. The van der Waals surface area contributed by atoms with Gasteiger partial charge < -0.3 is 14.2 Å². The van der Waals surface area contributed by atoms with E-state index in [0.29, 0.717) is 0 Å². The van der Waals surface area contributed by atoms with Crippen LogP contribution in [0.25, 0.3) is 32.2 Å². The Morgan fingerprint density at radius 3 is 1.83 bits per heavy atom. The van der Waals surface area contributed by atoms with Crippen LogP contribution in [0.4, 0.5) is 34.1 Å². The molecule has 2 aromatic heterocycles. The van der Waals surface area contributed by atoms with E-state index in [1.807, 2.05) is 23.7 Å². The first-order valence-electron chi connectivity index (χ1n) is 21.1. The Balaban J connectivity index is 1.28. The molecule has 6 aromatic carbocycles. The van der Waals surface area contributed by atoms with Gasteiger partial charge >= 0.3 is 0 Å². The molecule has 0 amide bonds. The summed E-state index contributed by atoms with van der Waals surface area (Å²) in [5.41, 5.74) is 20.0. The fraction of sp³-hybridized carbons (Fsp3) is 0.259. The molecule has 0 N–H and O–H groups in total. The molecule has 2 aliphatic heterocycles. The first-order valence-corrected chi connectivity index (χ1v) is 21.9. The standard InChI is InChI=1S/C54H53BN2OS/c1-32-27-34(41-31-58-46-18-13-12-15-39(41)46)28-33(2)49(32)57-45-17-14-16-44-48(45)55(51-50(57)40-29-36(53(6,7)8)22-26-47(40)59-51)42-30-37(54(9,10)11)21-25-43(42)56(44)38-23-19-35(20-24-38)52(3,4)5/h12-31H,1-11H3. The summed E-state index contributed by atoms with van der Waals surface area (Å²) in [5, 5.41) is 2.47. The summed E-state index contributed by atoms with van der Waals surface area (Å²) in [6, 6.07) is 43.9. The Morgan fingerprint density at radius 1 is 0.542 bits per heavy atom. The van der Waals surface area contributed by atoms with Crippen LogP contribution >= 0.6 is 11.3 Å². The molecule has 294 valence electrons. The molecule has 2 aliphatic rings. The number of furan rings is 1. The van der Waals surface area contributed by atoms with Crippen molar-refractivity contribution in [2.75, 3.05) is 9.80 Å². The lowest BCUT2D eigenvalue weighted by molar-refractivity contribution is 0.590. The smallest absolute Gasteiger partial charge is 0.264 e. The van der Waals surface area contributed by atoms with Crippen LogP contribution in [0.2, 0.25) is 0 Å². The molecule has 0 radical (unpaired) electrons. The van der Waals surface area contributed by atoms with Crippen LogP contribution < -0.4 is 25.5 Å². The van der Waals surface area contributed by atoms with Gasteiger partial charge in [-0.2, -0.15) is 0 Å². The average Bonchev–Trinajstić information content (AvgIpc) is 3.79. The molecule has 5 heteroatoms. The van der Waals surface area contributed by atoms with E-state index in [1.54, 1.807) is 0 Å². The van der Waals surface area contributed by atoms with Gasteiger partial charge in [0.05, 0.1) is 17.6 Å². The molecule has 0 unspecified atom stereocenters. The minimum absolute atomic E-state index is 0.00437. The first-order chi connectivity index (χ1) is 28.0. The minimum Gasteiger partial charge on any atom is -0.464 e. The summed E-state index contributed by atoms with van der Waals surface area (Å²) in [4.78, 5) is 5.17. The van der Waals surface area contributed by atoms with Gasteiger partial charge in [0, 0.05) is 48.6 Å². The summed E-state index contributed by atoms with van der Waals surface area (Å²) < 4.78 is 8.79. The molecule has 0 bridgehead atoms. The Bertz CT molecular complexity index is 2960. The molecular weight excluding hydrogens is 735 g/mol. The number of para-hydroxylation sites is 1. The number of anilines is 6. The SMILES string of the molecule is Cc1cc(-c2coc3ccccc23)cc(C)c1N1c2cccc3c2B(c2cc(C(C)(C)C)ccc2N3c2ccc(C(C)(C)C)cc2)c2sc3ccc(C(C)(C)C)cc3c21. The predicted molar refractivity (Wildman–Crippen MR) is 257 cm³/mol. The summed E-state index contributed by atoms with van der Waals surface area (Å²) in [6.07, 6.45) is 1.92. The molecular formula is C54H53BN2OS. The summed E-state index contributed by atoms with van der Waals surface area (Å²) in [6.45, 7) is 25.5. The lowest BCUT2D eigenvalue weighted by Crippen LogP contribution is -2.60. The minimum atomic E-state index is -0.00437. The number of fused-ring (bicyclic) bond motifs is 7. The third-order valence-corrected chi connectivity index (χ3v) is 14.0. The topological polar surface area (TPSA) is 19.6 Å². The molecule has 4 heterocycles. The first kappa shape index (κ1) is 37.7. The van der Waals surface area contributed by atoms with Crippen molar-refractivity contribution in [1.29, 1.82) is 0 Å². The van der Waals surface area contributed by atoms with Crippen molar-refractivity contribution in [2.45, 2.75) is 92.4 Å². The van der Waals surface area contributed by atoms with Gasteiger partial charge in [-0.25, -0.2) is 0 Å². The van der Waals surface area contributed by atoms with E-state index >= 15 is 0 Å². The molecule has 10 rings (SSSR count). The van der Waals surface area contributed by atoms with Gasteiger partial charge in [-0.3, -0.25) is 0 Å². The van der Waals surface area contributed by atoms with Gasteiger partial charge in [0.1, 0.15) is 5.58 Å². The third kappa shape index (κ3) is 5.91. The molecule has 0 fully saturated rings. The van der Waals surface area contributed by atoms with Gasteiger partial charge in [0.2, 0.25) is 0 Å². The lowest BCUT2D eigenvalue weighted by Gasteiger charge is -2.44. The summed E-state index contributed by atoms with van der Waals surface area (Å²) in [5.74, 6) is 0. The number of hydrogen-bond acceptors (Lipinski definition) is 4. The normalized spacial score (nSPS) is 13.9.